The lowest BCUT2D eigenvalue weighted by molar-refractivity contribution is -0.145. The number of rotatable bonds is 7. The number of thioether (sulfide) groups is 1. The fourth-order valence-electron chi connectivity index (χ4n) is 1.03. The van der Waals surface area contributed by atoms with Crippen molar-refractivity contribution in [2.24, 2.45) is 0 Å². The van der Waals surface area contributed by atoms with Crippen LogP contribution in [0.5, 0.6) is 0 Å². The molecule has 0 rings (SSSR count). The molecule has 0 saturated carbocycles. The lowest BCUT2D eigenvalue weighted by Gasteiger charge is -2.15. The zero-order valence-electron chi connectivity index (χ0n) is 8.63. The van der Waals surface area contributed by atoms with E-state index in [0.29, 0.717) is 6.61 Å². The molecule has 3 nitrogen and oxygen atoms in total. The fourth-order valence-corrected chi connectivity index (χ4v) is 1.50. The van der Waals surface area contributed by atoms with Crippen molar-refractivity contribution < 1.29 is 9.53 Å². The Hall–Kier alpha value is -0.220. The van der Waals surface area contributed by atoms with Crippen LogP contribution in [-0.2, 0) is 9.53 Å². The molecule has 0 spiro atoms. The Balaban J connectivity index is 3.83. The van der Waals surface area contributed by atoms with E-state index in [9.17, 15) is 4.79 Å². The molecule has 1 N–H and O–H groups in total. The van der Waals surface area contributed by atoms with Gasteiger partial charge in [-0.25, -0.2) is 0 Å². The second-order valence-corrected chi connectivity index (χ2v) is 3.63. The van der Waals surface area contributed by atoms with Gasteiger partial charge >= 0.3 is 5.97 Å². The van der Waals surface area contributed by atoms with Gasteiger partial charge in [0.25, 0.3) is 0 Å². The lowest BCUT2D eigenvalue weighted by atomic mass is 10.2. The summed E-state index contributed by atoms with van der Waals surface area (Å²) in [6.45, 7) is 5.08. The molecule has 0 bridgehead atoms. The maximum Gasteiger partial charge on any atom is 0.323 e. The minimum Gasteiger partial charge on any atom is -0.465 e. The van der Waals surface area contributed by atoms with Gasteiger partial charge in [0.05, 0.1) is 6.61 Å². The number of hydrogen-bond acceptors (Lipinski definition) is 4. The molecule has 78 valence electrons. The first-order valence-corrected chi connectivity index (χ1v) is 6.04. The number of carbonyl (C=O) groups excluding carboxylic acids is 1. The number of esters is 1. The largest absolute Gasteiger partial charge is 0.465 e. The molecule has 0 unspecified atom stereocenters. The molecule has 0 aliphatic rings. The van der Waals surface area contributed by atoms with Crippen LogP contribution in [0.15, 0.2) is 0 Å². The average molecular weight is 205 g/mol. The summed E-state index contributed by atoms with van der Waals surface area (Å²) in [5.74, 6) is 0.856. The SMILES string of the molecule is CCN[C@@H](CCSC)C(=O)OCC. The van der Waals surface area contributed by atoms with Crippen LogP contribution in [0, 0.1) is 0 Å². The summed E-state index contributed by atoms with van der Waals surface area (Å²) in [6, 6.07) is -0.127. The van der Waals surface area contributed by atoms with E-state index in [2.05, 4.69) is 5.32 Å². The van der Waals surface area contributed by atoms with Gasteiger partial charge in [-0.05, 0) is 31.9 Å². The van der Waals surface area contributed by atoms with E-state index in [1.807, 2.05) is 20.1 Å². The van der Waals surface area contributed by atoms with Gasteiger partial charge < -0.3 is 10.1 Å². The van der Waals surface area contributed by atoms with E-state index < -0.39 is 0 Å². The van der Waals surface area contributed by atoms with E-state index >= 15 is 0 Å². The summed E-state index contributed by atoms with van der Waals surface area (Å²) in [7, 11) is 0. The van der Waals surface area contributed by atoms with Crippen molar-refractivity contribution in [3.63, 3.8) is 0 Å². The van der Waals surface area contributed by atoms with Crippen molar-refractivity contribution in [1.29, 1.82) is 0 Å². The molecule has 0 radical (unpaired) electrons. The standard InChI is InChI=1S/C9H19NO2S/c1-4-10-8(6-7-13-3)9(11)12-5-2/h8,10H,4-7H2,1-3H3/t8-/m0/s1. The molecule has 0 aromatic heterocycles. The zero-order valence-corrected chi connectivity index (χ0v) is 9.45. The van der Waals surface area contributed by atoms with Crippen LogP contribution in [0.1, 0.15) is 20.3 Å². The van der Waals surface area contributed by atoms with E-state index in [-0.39, 0.29) is 12.0 Å². The minimum absolute atomic E-state index is 0.126. The Morgan fingerprint density at radius 1 is 1.54 bits per heavy atom. The first-order chi connectivity index (χ1) is 6.26. The predicted octanol–water partition coefficient (Wildman–Crippen LogP) is 1.28. The Labute approximate surface area is 84.6 Å². The smallest absolute Gasteiger partial charge is 0.323 e. The highest BCUT2D eigenvalue weighted by atomic mass is 32.2. The second kappa shape index (κ2) is 8.38. The second-order valence-electron chi connectivity index (χ2n) is 2.64. The molecule has 13 heavy (non-hydrogen) atoms. The summed E-state index contributed by atoms with van der Waals surface area (Å²) in [6.07, 6.45) is 2.88. The molecule has 0 heterocycles. The fraction of sp³-hybridized carbons (Fsp3) is 0.889. The topological polar surface area (TPSA) is 38.3 Å². The molecule has 0 saturated heterocycles. The molecule has 4 heteroatoms. The number of hydrogen-bond donors (Lipinski definition) is 1. The van der Waals surface area contributed by atoms with Crippen molar-refractivity contribution in [2.45, 2.75) is 26.3 Å². The monoisotopic (exact) mass is 205 g/mol. The third-order valence-electron chi connectivity index (χ3n) is 1.63. The van der Waals surface area contributed by atoms with Crippen LogP contribution >= 0.6 is 11.8 Å². The molecule has 0 aliphatic heterocycles. The minimum atomic E-state index is -0.127. The lowest BCUT2D eigenvalue weighted by Crippen LogP contribution is -2.38. The molecule has 0 aromatic rings. The quantitative estimate of drug-likeness (QED) is 0.635. The van der Waals surface area contributed by atoms with Crippen LogP contribution in [0.2, 0.25) is 0 Å². The summed E-state index contributed by atoms with van der Waals surface area (Å²) < 4.78 is 4.94. The van der Waals surface area contributed by atoms with Crippen molar-refractivity contribution in [3.8, 4) is 0 Å². The van der Waals surface area contributed by atoms with Gasteiger partial charge in [0, 0.05) is 0 Å². The van der Waals surface area contributed by atoms with Crippen LogP contribution in [0.25, 0.3) is 0 Å². The first-order valence-electron chi connectivity index (χ1n) is 4.65. The Bertz CT molecular complexity index is 142. The molecule has 0 aliphatic carbocycles. The average Bonchev–Trinajstić information content (AvgIpc) is 2.12. The van der Waals surface area contributed by atoms with Crippen molar-refractivity contribution in [2.75, 3.05) is 25.2 Å². The maximum atomic E-state index is 11.3. The first kappa shape index (κ1) is 12.8. The molecule has 0 amide bonds. The van der Waals surface area contributed by atoms with Crippen LogP contribution in [0.4, 0.5) is 0 Å². The molecule has 1 atom stereocenters. The summed E-state index contributed by atoms with van der Waals surface area (Å²) in [5, 5.41) is 3.11. The number of ether oxygens (including phenoxy) is 1. The third-order valence-corrected chi connectivity index (χ3v) is 2.28. The van der Waals surface area contributed by atoms with Crippen molar-refractivity contribution >= 4 is 17.7 Å². The summed E-state index contributed by atoms with van der Waals surface area (Å²) in [5.41, 5.74) is 0. The van der Waals surface area contributed by atoms with Crippen molar-refractivity contribution in [1.82, 2.24) is 5.32 Å². The number of nitrogens with one attached hydrogen (secondary N) is 1. The highest BCUT2D eigenvalue weighted by molar-refractivity contribution is 7.98. The Morgan fingerprint density at radius 2 is 2.23 bits per heavy atom. The van der Waals surface area contributed by atoms with Gasteiger partial charge in [0.1, 0.15) is 6.04 Å². The van der Waals surface area contributed by atoms with Gasteiger partial charge in [-0.2, -0.15) is 11.8 Å². The van der Waals surface area contributed by atoms with Gasteiger partial charge in [0.2, 0.25) is 0 Å². The van der Waals surface area contributed by atoms with Crippen LogP contribution in [0.3, 0.4) is 0 Å². The molecule has 0 aromatic carbocycles. The Kier molecular flexibility index (Phi) is 8.24. The number of carbonyl (C=O) groups is 1. The molecular formula is C9H19NO2S. The zero-order chi connectivity index (χ0) is 10.1. The van der Waals surface area contributed by atoms with Gasteiger partial charge in [0.15, 0.2) is 0 Å². The third kappa shape index (κ3) is 5.93. The van der Waals surface area contributed by atoms with E-state index in [1.54, 1.807) is 11.8 Å². The maximum absolute atomic E-state index is 11.3. The van der Waals surface area contributed by atoms with Crippen LogP contribution < -0.4 is 5.32 Å². The summed E-state index contributed by atoms with van der Waals surface area (Å²) in [4.78, 5) is 11.3. The normalized spacial score (nSPS) is 12.5. The van der Waals surface area contributed by atoms with E-state index in [4.69, 9.17) is 4.74 Å². The van der Waals surface area contributed by atoms with E-state index in [1.165, 1.54) is 0 Å². The van der Waals surface area contributed by atoms with Crippen molar-refractivity contribution in [3.05, 3.63) is 0 Å². The molecular weight excluding hydrogens is 186 g/mol. The molecule has 0 fully saturated rings. The van der Waals surface area contributed by atoms with Gasteiger partial charge in [-0.3, -0.25) is 4.79 Å². The highest BCUT2D eigenvalue weighted by Gasteiger charge is 2.17. The predicted molar refractivity (Wildman–Crippen MR) is 57.1 cm³/mol. The number of likely N-dealkylation sites (N-methyl/N-ethyl adjacent to an activating group) is 1. The summed E-state index contributed by atoms with van der Waals surface area (Å²) >= 11 is 1.74. The Morgan fingerprint density at radius 3 is 2.69 bits per heavy atom. The van der Waals surface area contributed by atoms with Crippen LogP contribution in [-0.4, -0.2) is 37.2 Å². The highest BCUT2D eigenvalue weighted by Crippen LogP contribution is 2.02. The van der Waals surface area contributed by atoms with Gasteiger partial charge in [-0.15, -0.1) is 0 Å². The van der Waals surface area contributed by atoms with Gasteiger partial charge in [-0.1, -0.05) is 6.92 Å². The van der Waals surface area contributed by atoms with E-state index in [0.717, 1.165) is 18.7 Å².